The fourth-order valence-electron chi connectivity index (χ4n) is 2.05. The Bertz CT molecular complexity index is 738. The summed E-state index contributed by atoms with van der Waals surface area (Å²) in [5, 5.41) is 13.3. The average Bonchev–Trinajstić information content (AvgIpc) is 2.89. The zero-order chi connectivity index (χ0) is 14.7. The number of nitrogens with zero attached hydrogens (tertiary/aromatic N) is 2. The van der Waals surface area contributed by atoms with E-state index in [0.717, 1.165) is 15.6 Å². The van der Waals surface area contributed by atoms with Gasteiger partial charge in [0.15, 0.2) is 5.82 Å². The first-order valence-electron chi connectivity index (χ1n) is 6.53. The summed E-state index contributed by atoms with van der Waals surface area (Å²) in [6.07, 6.45) is 1.20. The third kappa shape index (κ3) is 3.70. The van der Waals surface area contributed by atoms with Gasteiger partial charge in [-0.1, -0.05) is 45.4 Å². The first-order valence-corrected chi connectivity index (χ1v) is 7.32. The van der Waals surface area contributed by atoms with Gasteiger partial charge >= 0.3 is 0 Å². The zero-order valence-electron chi connectivity index (χ0n) is 11.2. The Morgan fingerprint density at radius 3 is 2.57 bits per heavy atom. The molecule has 0 bridgehead atoms. The van der Waals surface area contributed by atoms with Crippen molar-refractivity contribution in [2.24, 2.45) is 0 Å². The molecule has 0 radical (unpaired) electrons. The fourth-order valence-corrected chi connectivity index (χ4v) is 2.50. The topological polar surface area (TPSA) is 59.2 Å². The molecule has 0 unspecified atom stereocenters. The Hall–Kier alpha value is -2.14. The van der Waals surface area contributed by atoms with Crippen LogP contribution in [-0.4, -0.2) is 15.2 Å². The van der Waals surface area contributed by atoms with Gasteiger partial charge in [-0.05, 0) is 35.4 Å². The molecule has 2 aromatic carbocycles. The molecule has 0 amide bonds. The molecule has 4 nitrogen and oxygen atoms in total. The average molecular weight is 345 g/mol. The van der Waals surface area contributed by atoms with E-state index < -0.39 is 0 Å². The number of rotatable bonds is 4. The number of hydrogen-bond donors (Lipinski definition) is 1. The van der Waals surface area contributed by atoms with Crippen molar-refractivity contribution in [3.05, 3.63) is 75.8 Å². The highest BCUT2D eigenvalue weighted by molar-refractivity contribution is 9.10. The van der Waals surface area contributed by atoms with Crippen LogP contribution in [0.5, 0.6) is 5.75 Å². The van der Waals surface area contributed by atoms with Crippen molar-refractivity contribution in [2.45, 2.75) is 12.8 Å². The number of hydrogen-bond acceptors (Lipinski definition) is 4. The van der Waals surface area contributed by atoms with Crippen molar-refractivity contribution >= 4 is 15.9 Å². The van der Waals surface area contributed by atoms with E-state index in [1.807, 2.05) is 36.4 Å². The normalized spacial score (nSPS) is 10.7. The van der Waals surface area contributed by atoms with Crippen molar-refractivity contribution in [2.75, 3.05) is 0 Å². The van der Waals surface area contributed by atoms with Crippen LogP contribution in [0.15, 0.2) is 57.5 Å². The maximum absolute atomic E-state index is 9.26. The molecule has 0 saturated carbocycles. The van der Waals surface area contributed by atoms with Gasteiger partial charge in [0.25, 0.3) is 0 Å². The standard InChI is InChI=1S/C16H13BrN2O2/c17-13-3-1-2-12(8-13)9-15-18-16(21-19-15)10-11-4-6-14(20)7-5-11/h1-8,20H,9-10H2. The van der Waals surface area contributed by atoms with Crippen molar-refractivity contribution in [3.8, 4) is 5.75 Å². The van der Waals surface area contributed by atoms with Gasteiger partial charge in [-0.25, -0.2) is 0 Å². The Kier molecular flexibility index (Phi) is 4.01. The summed E-state index contributed by atoms with van der Waals surface area (Å²) in [5.41, 5.74) is 2.15. The number of aromatic hydroxyl groups is 1. The molecular weight excluding hydrogens is 332 g/mol. The number of benzene rings is 2. The van der Waals surface area contributed by atoms with Gasteiger partial charge in [0.1, 0.15) is 5.75 Å². The first kappa shape index (κ1) is 13.8. The molecule has 0 saturated heterocycles. The van der Waals surface area contributed by atoms with Gasteiger partial charge in [0, 0.05) is 10.9 Å². The molecule has 5 heteroatoms. The molecule has 0 spiro atoms. The van der Waals surface area contributed by atoms with E-state index in [-0.39, 0.29) is 5.75 Å². The lowest BCUT2D eigenvalue weighted by molar-refractivity contribution is 0.380. The minimum Gasteiger partial charge on any atom is -0.508 e. The SMILES string of the molecule is Oc1ccc(Cc2nc(Cc3cccc(Br)c3)no2)cc1. The van der Waals surface area contributed by atoms with Crippen molar-refractivity contribution < 1.29 is 9.63 Å². The summed E-state index contributed by atoms with van der Waals surface area (Å²) in [4.78, 5) is 4.40. The summed E-state index contributed by atoms with van der Waals surface area (Å²) in [6, 6.07) is 15.0. The monoisotopic (exact) mass is 344 g/mol. The van der Waals surface area contributed by atoms with E-state index in [1.54, 1.807) is 12.1 Å². The van der Waals surface area contributed by atoms with Crippen molar-refractivity contribution in [1.82, 2.24) is 10.1 Å². The highest BCUT2D eigenvalue weighted by Crippen LogP contribution is 2.16. The van der Waals surface area contributed by atoms with E-state index in [2.05, 4.69) is 26.1 Å². The summed E-state index contributed by atoms with van der Waals surface area (Å²) in [5.74, 6) is 1.49. The second-order valence-corrected chi connectivity index (χ2v) is 5.67. The molecule has 3 rings (SSSR count). The second kappa shape index (κ2) is 6.10. The van der Waals surface area contributed by atoms with Gasteiger partial charge in [-0.2, -0.15) is 4.98 Å². The summed E-state index contributed by atoms with van der Waals surface area (Å²) < 4.78 is 6.30. The molecule has 0 fully saturated rings. The van der Waals surface area contributed by atoms with Gasteiger partial charge in [-0.3, -0.25) is 0 Å². The predicted octanol–water partition coefficient (Wildman–Crippen LogP) is 3.72. The van der Waals surface area contributed by atoms with Crippen LogP contribution in [0.3, 0.4) is 0 Å². The van der Waals surface area contributed by atoms with E-state index in [0.29, 0.717) is 24.6 Å². The highest BCUT2D eigenvalue weighted by atomic mass is 79.9. The molecular formula is C16H13BrN2O2. The van der Waals surface area contributed by atoms with E-state index in [9.17, 15) is 5.11 Å². The lowest BCUT2D eigenvalue weighted by Crippen LogP contribution is -1.92. The quantitative estimate of drug-likeness (QED) is 0.783. The van der Waals surface area contributed by atoms with Gasteiger partial charge in [-0.15, -0.1) is 0 Å². The third-order valence-electron chi connectivity index (χ3n) is 3.05. The van der Waals surface area contributed by atoms with Crippen LogP contribution in [0.2, 0.25) is 0 Å². The van der Waals surface area contributed by atoms with Crippen LogP contribution in [0, 0.1) is 0 Å². The molecule has 1 heterocycles. The van der Waals surface area contributed by atoms with E-state index >= 15 is 0 Å². The summed E-state index contributed by atoms with van der Waals surface area (Å²) in [6.45, 7) is 0. The lowest BCUT2D eigenvalue weighted by atomic mass is 10.1. The number of aromatic nitrogens is 2. The molecule has 106 valence electrons. The van der Waals surface area contributed by atoms with Crippen LogP contribution < -0.4 is 0 Å². The minimum atomic E-state index is 0.250. The minimum absolute atomic E-state index is 0.250. The molecule has 0 atom stereocenters. The van der Waals surface area contributed by atoms with E-state index in [4.69, 9.17) is 4.52 Å². The Labute approximate surface area is 130 Å². The van der Waals surface area contributed by atoms with Crippen LogP contribution in [0.4, 0.5) is 0 Å². The van der Waals surface area contributed by atoms with Crippen LogP contribution in [0.1, 0.15) is 22.8 Å². The molecule has 0 aliphatic rings. The predicted molar refractivity (Wildman–Crippen MR) is 82.2 cm³/mol. The molecule has 0 aliphatic carbocycles. The second-order valence-electron chi connectivity index (χ2n) is 4.75. The molecule has 1 N–H and O–H groups in total. The number of halogens is 1. The van der Waals surface area contributed by atoms with Crippen molar-refractivity contribution in [1.29, 1.82) is 0 Å². The number of phenols is 1. The van der Waals surface area contributed by atoms with E-state index in [1.165, 1.54) is 0 Å². The maximum Gasteiger partial charge on any atom is 0.231 e. The Morgan fingerprint density at radius 2 is 1.81 bits per heavy atom. The van der Waals surface area contributed by atoms with Gasteiger partial charge in [0.05, 0.1) is 6.42 Å². The summed E-state index contributed by atoms with van der Waals surface area (Å²) >= 11 is 3.45. The fraction of sp³-hybridized carbons (Fsp3) is 0.125. The highest BCUT2D eigenvalue weighted by Gasteiger charge is 2.08. The van der Waals surface area contributed by atoms with Crippen molar-refractivity contribution in [3.63, 3.8) is 0 Å². The van der Waals surface area contributed by atoms with Crippen LogP contribution in [0.25, 0.3) is 0 Å². The van der Waals surface area contributed by atoms with Gasteiger partial charge < -0.3 is 9.63 Å². The molecule has 3 aromatic rings. The van der Waals surface area contributed by atoms with Gasteiger partial charge in [0.2, 0.25) is 5.89 Å². The zero-order valence-corrected chi connectivity index (χ0v) is 12.7. The Balaban J connectivity index is 1.70. The Morgan fingerprint density at radius 1 is 1.00 bits per heavy atom. The molecule has 1 aromatic heterocycles. The lowest BCUT2D eigenvalue weighted by Gasteiger charge is -1.97. The van der Waals surface area contributed by atoms with Crippen LogP contribution in [-0.2, 0) is 12.8 Å². The molecule has 21 heavy (non-hydrogen) atoms. The smallest absolute Gasteiger partial charge is 0.231 e. The largest absolute Gasteiger partial charge is 0.508 e. The third-order valence-corrected chi connectivity index (χ3v) is 3.55. The first-order chi connectivity index (χ1) is 10.2. The number of phenolic OH excluding ortho intramolecular Hbond substituents is 1. The summed E-state index contributed by atoms with van der Waals surface area (Å²) in [7, 11) is 0. The maximum atomic E-state index is 9.26. The van der Waals surface area contributed by atoms with Crippen LogP contribution >= 0.6 is 15.9 Å². The molecule has 0 aliphatic heterocycles.